The maximum absolute atomic E-state index is 9.49. The second-order valence-electron chi connectivity index (χ2n) is 8.62. The lowest BCUT2D eigenvalue weighted by Gasteiger charge is -2.15. The molecule has 0 aliphatic carbocycles. The van der Waals surface area contributed by atoms with Gasteiger partial charge in [0.2, 0.25) is 0 Å². The molecule has 0 unspecified atom stereocenters. The Morgan fingerprint density at radius 2 is 0.905 bits per heavy atom. The van der Waals surface area contributed by atoms with Gasteiger partial charge in [0.1, 0.15) is 0 Å². The van der Waals surface area contributed by atoms with Gasteiger partial charge in [0, 0.05) is 16.7 Å². The average Bonchev–Trinajstić information content (AvgIpc) is 3.30. The van der Waals surface area contributed by atoms with E-state index in [-0.39, 0.29) is 0 Å². The Balaban J connectivity index is 1.61. The minimum atomic E-state index is -1.09. The van der Waals surface area contributed by atoms with E-state index in [4.69, 9.17) is 26.0 Å². The van der Waals surface area contributed by atoms with E-state index in [1.54, 1.807) is 0 Å². The summed E-state index contributed by atoms with van der Waals surface area (Å²) in [7, 11) is 0. The van der Waals surface area contributed by atoms with Gasteiger partial charge in [-0.05, 0) is 55.5 Å². The van der Waals surface area contributed by atoms with Gasteiger partial charge in [-0.2, -0.15) is 0 Å². The first-order chi connectivity index (χ1) is 31.6. The lowest BCUT2D eigenvalue weighted by atomic mass is 9.89. The maximum Gasteiger partial charge on any atom is 0.160 e. The highest BCUT2D eigenvalue weighted by Gasteiger charge is 2.14. The van der Waals surface area contributed by atoms with Gasteiger partial charge in [-0.1, -0.05) is 145 Å². The second-order valence-corrected chi connectivity index (χ2v) is 8.62. The molecule has 2 nitrogen and oxygen atoms in total. The van der Waals surface area contributed by atoms with Crippen molar-refractivity contribution in [3.05, 3.63) is 157 Å². The Morgan fingerprint density at radius 3 is 1.62 bits per heavy atom. The molecule has 0 aliphatic heterocycles. The van der Waals surface area contributed by atoms with Crippen LogP contribution in [0.1, 0.15) is 35.6 Å². The van der Waals surface area contributed by atoms with Crippen molar-refractivity contribution in [1.29, 1.82) is 0 Å². The smallest absolute Gasteiger partial charge is 0.160 e. The zero-order valence-corrected chi connectivity index (χ0v) is 20.9. The van der Waals surface area contributed by atoms with Crippen LogP contribution in [0.2, 0.25) is 0 Å². The third-order valence-electron chi connectivity index (χ3n) is 6.18. The van der Waals surface area contributed by atoms with Gasteiger partial charge < -0.3 is 0 Å². The Labute approximate surface area is 281 Å². The zero-order chi connectivity index (χ0) is 50.5. The quantitative estimate of drug-likeness (QED) is 0.158. The van der Waals surface area contributed by atoms with Crippen molar-refractivity contribution in [2.75, 3.05) is 0 Å². The zero-order valence-electron chi connectivity index (χ0n) is 46.9. The fourth-order valence-electron chi connectivity index (χ4n) is 4.35. The molecular weight excluding hydrogens is 508 g/mol. The monoisotopic (exact) mass is 560 g/mol. The predicted molar refractivity (Wildman–Crippen MR) is 176 cm³/mol. The highest BCUT2D eigenvalue weighted by molar-refractivity contribution is 6.20. The summed E-state index contributed by atoms with van der Waals surface area (Å²) < 4.78 is 228. The van der Waals surface area contributed by atoms with Crippen molar-refractivity contribution in [2.24, 2.45) is 0 Å². The van der Waals surface area contributed by atoms with Gasteiger partial charge in [0.25, 0.3) is 0 Å². The minimum absolute atomic E-state index is 0.528. The van der Waals surface area contributed by atoms with Crippen LogP contribution in [-0.4, -0.2) is 9.97 Å². The molecule has 0 saturated carbocycles. The fourth-order valence-corrected chi connectivity index (χ4v) is 4.35. The number of fused-ring (bicyclic) bond motifs is 4. The largest absolute Gasteiger partial charge is 0.228 e. The van der Waals surface area contributed by atoms with Crippen LogP contribution in [0.3, 0.4) is 0 Å². The maximum atomic E-state index is 9.49. The molecule has 8 aromatic rings. The number of hydrogen-bond acceptors (Lipinski definition) is 2. The van der Waals surface area contributed by atoms with Crippen LogP contribution in [0.4, 0.5) is 0 Å². The highest BCUT2D eigenvalue weighted by Crippen LogP contribution is 2.40. The topological polar surface area (TPSA) is 25.8 Å². The SMILES string of the molecule is [2H]c1c(-c2c([2H])c([2H])c([2H])c([2H])c2[2H])nc(-c2c([2H])c([2H])c([2H])c([2H])c2[2H])nc1-c1c([2H])c([2H])c(-c2c3c([2H])c([2H])c([2H])c([2H])c3c([2H])c3c2c([2H])c([2H])c2c([2H])c([2H])c([2H])c([2H])c23)c([2H])c1[2H]. The molecule has 1 heterocycles. The van der Waals surface area contributed by atoms with E-state index >= 15 is 0 Å². The average molecular weight is 561 g/mol. The predicted octanol–water partition coefficient (Wildman–Crippen LogP) is 10.6. The first-order valence-corrected chi connectivity index (χ1v) is 12.1. The standard InChI is InChI=1S/C40H26N2/c1-3-12-28(13-4-1)37-26-38(42-40(41-37)31-14-5-2-6-15-31)29-19-21-30(22-20-29)39-34-18-10-8-16-32(34)25-36-33-17-9-7-11-27(33)23-24-35(36)39/h1-26H/i1D,2D,3D,4D,5D,6D,7D,8D,9D,10D,11D,12D,13D,14D,15D,16D,17D,18D,19D,20D,21D,22D,23D,24D,25D,26D. The van der Waals surface area contributed by atoms with Crippen LogP contribution in [-0.2, 0) is 0 Å². The summed E-state index contributed by atoms with van der Waals surface area (Å²) in [6.07, 6.45) is 0. The summed E-state index contributed by atoms with van der Waals surface area (Å²) in [4.78, 5) is 8.41. The van der Waals surface area contributed by atoms with E-state index in [2.05, 4.69) is 9.97 Å². The van der Waals surface area contributed by atoms with Gasteiger partial charge in [-0.15, -0.1) is 0 Å². The molecule has 0 bridgehead atoms. The molecule has 0 N–H and O–H groups in total. The molecule has 2 heteroatoms. The van der Waals surface area contributed by atoms with Gasteiger partial charge in [-0.25, -0.2) is 9.97 Å². The van der Waals surface area contributed by atoms with Crippen LogP contribution < -0.4 is 0 Å². The molecule has 0 spiro atoms. The summed E-state index contributed by atoms with van der Waals surface area (Å²) in [5.41, 5.74) is -5.59. The summed E-state index contributed by atoms with van der Waals surface area (Å²) in [6, 6.07) is -23.6. The Bertz CT molecular complexity index is 3610. The summed E-state index contributed by atoms with van der Waals surface area (Å²) in [5, 5.41) is -3.51. The first kappa shape index (κ1) is 9.47. The third kappa shape index (κ3) is 4.22. The number of benzene rings is 7. The Kier molecular flexibility index (Phi) is 2.28. The van der Waals surface area contributed by atoms with Crippen LogP contribution in [0.15, 0.2) is 157 Å². The Morgan fingerprint density at radius 1 is 0.357 bits per heavy atom. The molecule has 7 aromatic carbocycles. The molecule has 196 valence electrons. The highest BCUT2D eigenvalue weighted by atomic mass is 14.9. The summed E-state index contributed by atoms with van der Waals surface area (Å²) in [5.74, 6) is -0.840. The van der Waals surface area contributed by atoms with Crippen LogP contribution >= 0.6 is 0 Å². The fraction of sp³-hybridized carbons (Fsp3) is 0. The number of rotatable bonds is 4. The normalized spacial score (nSPS) is 20.0. The third-order valence-corrected chi connectivity index (χ3v) is 6.18. The van der Waals surface area contributed by atoms with Crippen molar-refractivity contribution in [2.45, 2.75) is 0 Å². The lowest BCUT2D eigenvalue weighted by Crippen LogP contribution is -1.96. The van der Waals surface area contributed by atoms with Crippen molar-refractivity contribution < 1.29 is 35.6 Å². The Hall–Kier alpha value is -5.60. The van der Waals surface area contributed by atoms with Crippen molar-refractivity contribution in [3.63, 3.8) is 0 Å². The molecule has 0 amide bonds. The summed E-state index contributed by atoms with van der Waals surface area (Å²) in [6.45, 7) is 0. The van der Waals surface area contributed by atoms with Crippen molar-refractivity contribution >= 4 is 32.3 Å². The van der Waals surface area contributed by atoms with E-state index in [0.717, 1.165) is 0 Å². The van der Waals surface area contributed by atoms with E-state index < -0.39 is 234 Å². The molecule has 8 rings (SSSR count). The van der Waals surface area contributed by atoms with E-state index in [1.165, 1.54) is 0 Å². The van der Waals surface area contributed by atoms with E-state index in [0.29, 0.717) is 0 Å². The molecule has 0 fully saturated rings. The van der Waals surface area contributed by atoms with Gasteiger partial charge >= 0.3 is 0 Å². The molecule has 0 aliphatic rings. The number of hydrogen-bond donors (Lipinski definition) is 0. The number of nitrogens with zero attached hydrogens (tertiary/aromatic N) is 2. The van der Waals surface area contributed by atoms with E-state index in [9.17, 15) is 9.60 Å². The van der Waals surface area contributed by atoms with E-state index in [1.807, 2.05) is 0 Å². The van der Waals surface area contributed by atoms with Crippen LogP contribution in [0.5, 0.6) is 0 Å². The molecule has 0 saturated heterocycles. The van der Waals surface area contributed by atoms with Crippen LogP contribution in [0.25, 0.3) is 77.3 Å². The van der Waals surface area contributed by atoms with Gasteiger partial charge in [-0.3, -0.25) is 0 Å². The minimum Gasteiger partial charge on any atom is -0.228 e. The molecule has 0 radical (unpaired) electrons. The van der Waals surface area contributed by atoms with Crippen LogP contribution in [0, 0.1) is 0 Å². The van der Waals surface area contributed by atoms with Crippen molar-refractivity contribution in [3.8, 4) is 45.0 Å². The molecule has 0 atom stereocenters. The number of aromatic nitrogens is 2. The summed E-state index contributed by atoms with van der Waals surface area (Å²) >= 11 is 0. The molecular formula is C40H26N2. The second kappa shape index (κ2) is 10.1. The van der Waals surface area contributed by atoms with Gasteiger partial charge in [0.05, 0.1) is 47.0 Å². The lowest BCUT2D eigenvalue weighted by molar-refractivity contribution is 1.18. The van der Waals surface area contributed by atoms with Crippen molar-refractivity contribution in [1.82, 2.24) is 9.97 Å². The molecule has 42 heavy (non-hydrogen) atoms. The molecule has 1 aromatic heterocycles. The first-order valence-electron chi connectivity index (χ1n) is 25.1. The van der Waals surface area contributed by atoms with Gasteiger partial charge in [0.15, 0.2) is 5.82 Å².